The lowest BCUT2D eigenvalue weighted by molar-refractivity contribution is 0.479. The minimum absolute atomic E-state index is 0.323. The van der Waals surface area contributed by atoms with Gasteiger partial charge in [0, 0.05) is 43.7 Å². The number of hydrogen-bond donors (Lipinski definition) is 0. The van der Waals surface area contributed by atoms with Crippen molar-refractivity contribution < 1.29 is 13.8 Å². The topological polar surface area (TPSA) is 36.5 Å². The normalized spacial score (nSPS) is 12.6. The second kappa shape index (κ2) is 12.4. The summed E-state index contributed by atoms with van der Waals surface area (Å²) in [6.07, 6.45) is 0. The van der Waals surface area contributed by atoms with Gasteiger partial charge in [-0.1, -0.05) is 127 Å². The first-order valence-corrected chi connectivity index (χ1v) is 20.1. The molecule has 0 bridgehead atoms. The molecule has 0 saturated carbocycles. The predicted octanol–water partition coefficient (Wildman–Crippen LogP) is 13.0. The fraction of sp³-hybridized carbons (Fsp3) is 0. The van der Waals surface area contributed by atoms with Crippen LogP contribution in [-0.4, -0.2) is 11.5 Å². The van der Waals surface area contributed by atoms with Gasteiger partial charge in [0.05, 0.1) is 11.0 Å². The van der Waals surface area contributed by atoms with Crippen LogP contribution < -0.4 is 20.3 Å². The van der Waals surface area contributed by atoms with Crippen LogP contribution in [0.2, 0.25) is 0 Å². The van der Waals surface area contributed by atoms with Gasteiger partial charge in [0.15, 0.2) is 0 Å². The molecule has 13 rings (SSSR count). The minimum atomic E-state index is -0.323. The van der Waals surface area contributed by atoms with Crippen LogP contribution in [0.5, 0.6) is 17.2 Å². The number of para-hydroxylation sites is 4. The van der Waals surface area contributed by atoms with E-state index in [2.05, 4.69) is 187 Å². The van der Waals surface area contributed by atoms with Gasteiger partial charge in [-0.2, -0.15) is 0 Å². The Labute approximate surface area is 340 Å². The SMILES string of the molecule is c1ccc2c(c1)OB1c3cc(-c4ccc(-n5c6ccccc6c6ccccc65)cc4)ccc3Oc3cc(-c4ccccc4-c4ccc5oc6ccccc6c5c4)cc-2c31. The summed E-state index contributed by atoms with van der Waals surface area (Å²) in [5.74, 6) is 2.49. The Bertz CT molecular complexity index is 3470. The lowest BCUT2D eigenvalue weighted by Gasteiger charge is -2.33. The van der Waals surface area contributed by atoms with Crippen molar-refractivity contribution in [2.24, 2.45) is 0 Å². The third-order valence-corrected chi connectivity index (χ3v) is 12.3. The van der Waals surface area contributed by atoms with Gasteiger partial charge in [0.2, 0.25) is 0 Å². The van der Waals surface area contributed by atoms with Crippen LogP contribution in [0.1, 0.15) is 0 Å². The molecular formula is C54H32BNO3. The highest BCUT2D eigenvalue weighted by Crippen LogP contribution is 2.44. The molecule has 59 heavy (non-hydrogen) atoms. The summed E-state index contributed by atoms with van der Waals surface area (Å²) in [4.78, 5) is 0. The lowest BCUT2D eigenvalue weighted by atomic mass is 9.50. The van der Waals surface area contributed by atoms with Crippen LogP contribution in [0.15, 0.2) is 199 Å². The highest BCUT2D eigenvalue weighted by molar-refractivity contribution is 6.84. The molecule has 0 atom stereocenters. The Balaban J connectivity index is 0.908. The van der Waals surface area contributed by atoms with Crippen molar-refractivity contribution in [2.45, 2.75) is 0 Å². The highest BCUT2D eigenvalue weighted by Gasteiger charge is 2.41. The van der Waals surface area contributed by atoms with Gasteiger partial charge < -0.3 is 18.4 Å². The van der Waals surface area contributed by atoms with Crippen molar-refractivity contribution in [3.05, 3.63) is 194 Å². The van der Waals surface area contributed by atoms with Gasteiger partial charge in [0.1, 0.15) is 28.4 Å². The predicted molar refractivity (Wildman–Crippen MR) is 242 cm³/mol. The van der Waals surface area contributed by atoms with Gasteiger partial charge in [-0.15, -0.1) is 0 Å². The van der Waals surface area contributed by atoms with Crippen LogP contribution in [0.4, 0.5) is 0 Å². The largest absolute Gasteiger partial charge is 0.551 e. The van der Waals surface area contributed by atoms with Crippen molar-refractivity contribution >= 4 is 61.6 Å². The molecule has 0 amide bonds. The third-order valence-electron chi connectivity index (χ3n) is 12.3. The molecule has 9 aromatic carbocycles. The maximum atomic E-state index is 6.92. The van der Waals surface area contributed by atoms with Crippen LogP contribution in [0.25, 0.3) is 93.9 Å². The van der Waals surface area contributed by atoms with Crippen LogP contribution in [-0.2, 0) is 0 Å². The zero-order valence-electron chi connectivity index (χ0n) is 31.7. The molecule has 4 heterocycles. The molecule has 4 nitrogen and oxygen atoms in total. The molecule has 2 aromatic heterocycles. The Hall–Kier alpha value is -7.76. The first-order valence-electron chi connectivity index (χ1n) is 20.1. The number of benzene rings is 9. The quantitative estimate of drug-likeness (QED) is 0.168. The first kappa shape index (κ1) is 32.3. The molecule has 0 N–H and O–H groups in total. The fourth-order valence-electron chi connectivity index (χ4n) is 9.58. The standard InChI is InChI=1S/C54H32BNO3/c1-2-12-39(38(11-1)35-24-27-50-44(29-35)42-15-5-9-19-49(42)57-50)36-30-45-43-16-6-10-20-51(43)59-55-46-31-34(23-28-52(46)58-53(32-36)54(45)55)33-21-25-37(26-22-33)56-47-17-7-3-13-40(47)41-14-4-8-18-48(41)56/h1-32H. The zero-order chi connectivity index (χ0) is 38.6. The summed E-state index contributed by atoms with van der Waals surface area (Å²) >= 11 is 0. The number of aromatic nitrogens is 1. The van der Waals surface area contributed by atoms with E-state index >= 15 is 0 Å². The average molecular weight is 754 g/mol. The second-order valence-electron chi connectivity index (χ2n) is 15.6. The molecule has 11 aromatic rings. The van der Waals surface area contributed by atoms with Gasteiger partial charge in [0.25, 0.3) is 0 Å². The average Bonchev–Trinajstić information content (AvgIpc) is 3.84. The smallest absolute Gasteiger partial charge is 0.434 e. The number of nitrogens with zero attached hydrogens (tertiary/aromatic N) is 1. The minimum Gasteiger partial charge on any atom is -0.551 e. The summed E-state index contributed by atoms with van der Waals surface area (Å²) in [5, 5.41) is 4.75. The summed E-state index contributed by atoms with van der Waals surface area (Å²) in [6.45, 7) is -0.323. The molecule has 2 aliphatic heterocycles. The molecule has 2 aliphatic rings. The molecule has 0 saturated heterocycles. The van der Waals surface area contributed by atoms with Crippen molar-refractivity contribution in [1.82, 2.24) is 4.57 Å². The maximum absolute atomic E-state index is 6.92. The van der Waals surface area contributed by atoms with E-state index in [1.54, 1.807) is 0 Å². The van der Waals surface area contributed by atoms with Crippen molar-refractivity contribution in [3.8, 4) is 67.4 Å². The van der Waals surface area contributed by atoms with E-state index in [0.717, 1.165) is 100 Å². The van der Waals surface area contributed by atoms with E-state index in [4.69, 9.17) is 13.8 Å². The summed E-state index contributed by atoms with van der Waals surface area (Å²) in [5.41, 5.74) is 16.3. The van der Waals surface area contributed by atoms with Crippen molar-refractivity contribution in [1.29, 1.82) is 0 Å². The number of furan rings is 1. The van der Waals surface area contributed by atoms with Crippen LogP contribution in [0.3, 0.4) is 0 Å². The van der Waals surface area contributed by atoms with E-state index in [1.165, 1.54) is 21.8 Å². The monoisotopic (exact) mass is 753 g/mol. The van der Waals surface area contributed by atoms with E-state index < -0.39 is 0 Å². The molecular weight excluding hydrogens is 721 g/mol. The summed E-state index contributed by atoms with van der Waals surface area (Å²) in [7, 11) is 0. The number of hydrogen-bond acceptors (Lipinski definition) is 3. The molecule has 0 spiro atoms. The van der Waals surface area contributed by atoms with Gasteiger partial charge in [-0.25, -0.2) is 0 Å². The second-order valence-corrected chi connectivity index (χ2v) is 15.6. The fourth-order valence-corrected chi connectivity index (χ4v) is 9.58. The van der Waals surface area contributed by atoms with Gasteiger partial charge in [-0.3, -0.25) is 0 Å². The van der Waals surface area contributed by atoms with E-state index in [-0.39, 0.29) is 6.92 Å². The number of fused-ring (bicyclic) bond motifs is 10. The van der Waals surface area contributed by atoms with E-state index in [0.29, 0.717) is 0 Å². The van der Waals surface area contributed by atoms with Crippen LogP contribution in [0, 0.1) is 0 Å². The first-order chi connectivity index (χ1) is 29.2. The highest BCUT2D eigenvalue weighted by atomic mass is 16.5. The molecule has 0 aliphatic carbocycles. The van der Waals surface area contributed by atoms with Crippen molar-refractivity contribution in [3.63, 3.8) is 0 Å². The van der Waals surface area contributed by atoms with E-state index in [9.17, 15) is 0 Å². The Morgan fingerprint density at radius 2 is 1.00 bits per heavy atom. The van der Waals surface area contributed by atoms with Gasteiger partial charge in [-0.05, 0) is 106 Å². The Kier molecular flexibility index (Phi) is 6.78. The number of rotatable bonds is 4. The third kappa shape index (κ3) is 4.85. The Morgan fingerprint density at radius 1 is 0.373 bits per heavy atom. The Morgan fingerprint density at radius 3 is 1.80 bits per heavy atom. The maximum Gasteiger partial charge on any atom is 0.434 e. The summed E-state index contributed by atoms with van der Waals surface area (Å²) in [6, 6.07) is 68.9. The lowest BCUT2D eigenvalue weighted by Crippen LogP contribution is -2.53. The molecule has 274 valence electrons. The molecule has 5 heteroatoms. The van der Waals surface area contributed by atoms with Gasteiger partial charge >= 0.3 is 6.92 Å². The number of ether oxygens (including phenoxy) is 1. The molecule has 0 unspecified atom stereocenters. The summed E-state index contributed by atoms with van der Waals surface area (Å²) < 4.78 is 22.3. The molecule has 0 fully saturated rings. The van der Waals surface area contributed by atoms with E-state index in [1.807, 2.05) is 12.1 Å². The van der Waals surface area contributed by atoms with Crippen LogP contribution >= 0.6 is 0 Å². The molecule has 0 radical (unpaired) electrons. The zero-order valence-corrected chi connectivity index (χ0v) is 31.7. The van der Waals surface area contributed by atoms with Crippen molar-refractivity contribution in [2.75, 3.05) is 0 Å².